The molecule has 0 aromatic heterocycles. The van der Waals surface area contributed by atoms with E-state index >= 15 is 0 Å². The summed E-state index contributed by atoms with van der Waals surface area (Å²) in [5.74, 6) is 1.22. The topological polar surface area (TPSA) is 20.3 Å². The van der Waals surface area contributed by atoms with Crippen LogP contribution in [0.25, 0.3) is 0 Å². The van der Waals surface area contributed by atoms with Crippen molar-refractivity contribution in [1.29, 1.82) is 0 Å². The Morgan fingerprint density at radius 3 is 2.10 bits per heavy atom. The largest absolute Gasteiger partial charge is 0.369 e. The van der Waals surface area contributed by atoms with Gasteiger partial charge >= 0.3 is 0 Å². The van der Waals surface area contributed by atoms with E-state index in [1.54, 1.807) is 0 Å². The molecule has 2 nitrogen and oxygen atoms in total. The molecule has 0 bridgehead atoms. The van der Waals surface area contributed by atoms with E-state index in [0.717, 1.165) is 38.6 Å². The SMILES string of the molecule is O=CCCCCCCc1ccc(N(CCCl)CCCl)cc1. The average molecular weight is 330 g/mol. The van der Waals surface area contributed by atoms with Crippen molar-refractivity contribution in [2.24, 2.45) is 0 Å². The number of benzene rings is 1. The van der Waals surface area contributed by atoms with E-state index in [1.165, 1.54) is 24.1 Å². The van der Waals surface area contributed by atoms with Gasteiger partial charge in [0, 0.05) is 37.0 Å². The van der Waals surface area contributed by atoms with Crippen LogP contribution in [-0.4, -0.2) is 31.1 Å². The highest BCUT2D eigenvalue weighted by Gasteiger charge is 2.05. The number of alkyl halides is 2. The Hall–Kier alpha value is -0.730. The number of aldehydes is 1. The molecule has 118 valence electrons. The van der Waals surface area contributed by atoms with Gasteiger partial charge in [-0.05, 0) is 37.0 Å². The molecule has 0 atom stereocenters. The fourth-order valence-corrected chi connectivity index (χ4v) is 2.77. The molecule has 1 rings (SSSR count). The number of aryl methyl sites for hydroxylation is 1. The van der Waals surface area contributed by atoms with E-state index < -0.39 is 0 Å². The summed E-state index contributed by atoms with van der Waals surface area (Å²) in [6.07, 6.45) is 7.36. The fourth-order valence-electron chi connectivity index (χ4n) is 2.36. The molecule has 0 heterocycles. The Kier molecular flexibility index (Phi) is 10.4. The van der Waals surface area contributed by atoms with Crippen molar-refractivity contribution < 1.29 is 4.79 Å². The van der Waals surface area contributed by atoms with Crippen LogP contribution in [0.2, 0.25) is 0 Å². The summed E-state index contributed by atoms with van der Waals surface area (Å²) < 4.78 is 0. The smallest absolute Gasteiger partial charge is 0.119 e. The Balaban J connectivity index is 2.36. The number of unbranched alkanes of at least 4 members (excludes halogenated alkanes) is 4. The molecule has 4 heteroatoms. The molecule has 1 aromatic carbocycles. The summed E-state index contributed by atoms with van der Waals surface area (Å²) >= 11 is 11.7. The van der Waals surface area contributed by atoms with Gasteiger partial charge in [0.15, 0.2) is 0 Å². The highest BCUT2D eigenvalue weighted by Crippen LogP contribution is 2.17. The van der Waals surface area contributed by atoms with Gasteiger partial charge in [-0.1, -0.05) is 25.0 Å². The third kappa shape index (κ3) is 7.73. The van der Waals surface area contributed by atoms with Gasteiger partial charge in [-0.2, -0.15) is 0 Å². The van der Waals surface area contributed by atoms with Gasteiger partial charge in [-0.3, -0.25) is 0 Å². The molecule has 0 unspecified atom stereocenters. The number of carbonyl (C=O) groups excluding carboxylic acids is 1. The van der Waals surface area contributed by atoms with Crippen LogP contribution in [0.3, 0.4) is 0 Å². The summed E-state index contributed by atoms with van der Waals surface area (Å²) in [6, 6.07) is 8.69. The zero-order valence-electron chi connectivity index (χ0n) is 12.6. The van der Waals surface area contributed by atoms with Gasteiger partial charge < -0.3 is 9.69 Å². The molecule has 0 fully saturated rings. The van der Waals surface area contributed by atoms with Gasteiger partial charge in [0.05, 0.1) is 0 Å². The number of hydrogen-bond donors (Lipinski definition) is 0. The second-order valence-corrected chi connectivity index (χ2v) is 5.91. The van der Waals surface area contributed by atoms with E-state index in [0.29, 0.717) is 18.2 Å². The van der Waals surface area contributed by atoms with Crippen molar-refractivity contribution in [2.45, 2.75) is 38.5 Å². The lowest BCUT2D eigenvalue weighted by molar-refractivity contribution is -0.107. The molecule has 0 saturated heterocycles. The van der Waals surface area contributed by atoms with Crippen LogP contribution < -0.4 is 4.90 Å². The summed E-state index contributed by atoms with van der Waals surface area (Å²) in [4.78, 5) is 12.4. The van der Waals surface area contributed by atoms with Crippen molar-refractivity contribution in [3.05, 3.63) is 29.8 Å². The maximum Gasteiger partial charge on any atom is 0.119 e. The molecule has 0 aliphatic rings. The monoisotopic (exact) mass is 329 g/mol. The lowest BCUT2D eigenvalue weighted by Gasteiger charge is -2.23. The van der Waals surface area contributed by atoms with Crippen molar-refractivity contribution in [3.63, 3.8) is 0 Å². The number of nitrogens with zero attached hydrogens (tertiary/aromatic N) is 1. The lowest BCUT2D eigenvalue weighted by atomic mass is 10.1. The summed E-state index contributed by atoms with van der Waals surface area (Å²) in [7, 11) is 0. The first-order valence-electron chi connectivity index (χ1n) is 7.71. The number of rotatable bonds is 12. The van der Waals surface area contributed by atoms with Crippen LogP contribution in [-0.2, 0) is 11.2 Å². The molecular weight excluding hydrogens is 305 g/mol. The second-order valence-electron chi connectivity index (χ2n) is 5.15. The number of hydrogen-bond acceptors (Lipinski definition) is 2. The molecule has 0 aliphatic heterocycles. The van der Waals surface area contributed by atoms with Crippen molar-refractivity contribution in [1.82, 2.24) is 0 Å². The number of carbonyl (C=O) groups is 1. The van der Waals surface area contributed by atoms with Crippen LogP contribution in [0.4, 0.5) is 5.69 Å². The van der Waals surface area contributed by atoms with Crippen molar-refractivity contribution >= 4 is 35.2 Å². The van der Waals surface area contributed by atoms with Gasteiger partial charge in [-0.25, -0.2) is 0 Å². The minimum absolute atomic E-state index is 0.611. The van der Waals surface area contributed by atoms with Crippen LogP contribution in [0.1, 0.15) is 37.7 Å². The first kappa shape index (κ1) is 18.3. The molecule has 0 radical (unpaired) electrons. The molecular formula is C17H25Cl2NO. The zero-order valence-corrected chi connectivity index (χ0v) is 14.1. The zero-order chi connectivity index (χ0) is 15.3. The fraction of sp³-hybridized carbons (Fsp3) is 0.588. The molecule has 1 aromatic rings. The minimum Gasteiger partial charge on any atom is -0.369 e. The normalized spacial score (nSPS) is 10.6. The second kappa shape index (κ2) is 11.9. The lowest BCUT2D eigenvalue weighted by Crippen LogP contribution is -2.27. The maximum atomic E-state index is 10.2. The van der Waals surface area contributed by atoms with Crippen molar-refractivity contribution in [2.75, 3.05) is 29.7 Å². The highest BCUT2D eigenvalue weighted by atomic mass is 35.5. The van der Waals surface area contributed by atoms with Crippen LogP contribution in [0.15, 0.2) is 24.3 Å². The Labute approximate surface area is 138 Å². The summed E-state index contributed by atoms with van der Waals surface area (Å²) in [5.41, 5.74) is 2.55. The summed E-state index contributed by atoms with van der Waals surface area (Å²) in [6.45, 7) is 1.65. The van der Waals surface area contributed by atoms with Gasteiger partial charge in [0.1, 0.15) is 6.29 Å². The first-order chi connectivity index (χ1) is 10.3. The highest BCUT2D eigenvalue weighted by molar-refractivity contribution is 6.18. The van der Waals surface area contributed by atoms with Crippen LogP contribution in [0.5, 0.6) is 0 Å². The van der Waals surface area contributed by atoms with E-state index in [-0.39, 0.29) is 0 Å². The Morgan fingerprint density at radius 1 is 0.905 bits per heavy atom. The van der Waals surface area contributed by atoms with Gasteiger partial charge in [-0.15, -0.1) is 23.2 Å². The maximum absolute atomic E-state index is 10.2. The quantitative estimate of drug-likeness (QED) is 0.315. The molecule has 0 spiro atoms. The molecule has 0 amide bonds. The Morgan fingerprint density at radius 2 is 1.52 bits per heavy atom. The average Bonchev–Trinajstić information content (AvgIpc) is 2.51. The van der Waals surface area contributed by atoms with Gasteiger partial charge in [0.25, 0.3) is 0 Å². The molecule has 0 aliphatic carbocycles. The van der Waals surface area contributed by atoms with E-state index in [1.807, 2.05) is 0 Å². The van der Waals surface area contributed by atoms with Crippen LogP contribution >= 0.6 is 23.2 Å². The molecule has 0 N–H and O–H groups in total. The third-order valence-corrected chi connectivity index (χ3v) is 3.89. The van der Waals surface area contributed by atoms with E-state index in [9.17, 15) is 4.79 Å². The first-order valence-corrected chi connectivity index (χ1v) is 8.78. The predicted octanol–water partition coefficient (Wildman–Crippen LogP) is 4.66. The third-order valence-electron chi connectivity index (χ3n) is 3.55. The number of halogens is 2. The summed E-state index contributed by atoms with van der Waals surface area (Å²) in [5, 5.41) is 0. The van der Waals surface area contributed by atoms with E-state index in [2.05, 4.69) is 29.2 Å². The van der Waals surface area contributed by atoms with E-state index in [4.69, 9.17) is 23.2 Å². The standard InChI is InChI=1S/C17H25Cl2NO/c18-11-13-20(14-12-19)17-9-7-16(8-10-17)6-4-2-1-3-5-15-21/h7-10,15H,1-6,11-14H2. The van der Waals surface area contributed by atoms with Crippen LogP contribution in [0, 0.1) is 0 Å². The Bertz CT molecular complexity index is 375. The molecule has 21 heavy (non-hydrogen) atoms. The van der Waals surface area contributed by atoms with Crippen molar-refractivity contribution in [3.8, 4) is 0 Å². The molecule has 0 saturated carbocycles. The van der Waals surface area contributed by atoms with Gasteiger partial charge in [0.2, 0.25) is 0 Å². The minimum atomic E-state index is 0.611. The number of anilines is 1. The predicted molar refractivity (Wildman–Crippen MR) is 92.9 cm³/mol.